The number of thioether (sulfide) groups is 1. The molecule has 8 nitrogen and oxygen atoms in total. The van der Waals surface area contributed by atoms with E-state index in [1.165, 1.54) is 34.9 Å². The van der Waals surface area contributed by atoms with Gasteiger partial charge in [0.15, 0.2) is 18.1 Å². The number of anilines is 1. The van der Waals surface area contributed by atoms with E-state index in [0.717, 1.165) is 0 Å². The van der Waals surface area contributed by atoms with Gasteiger partial charge in [-0.2, -0.15) is 0 Å². The Kier molecular flexibility index (Phi) is 4.36. The first-order valence-corrected chi connectivity index (χ1v) is 9.48. The molecule has 2 amide bonds. The first kappa shape index (κ1) is 18.8. The third kappa shape index (κ3) is 3.34. The van der Waals surface area contributed by atoms with Gasteiger partial charge in [0.1, 0.15) is 6.04 Å². The summed E-state index contributed by atoms with van der Waals surface area (Å²) in [5, 5.41) is 2.43. The minimum atomic E-state index is -3.75. The van der Waals surface area contributed by atoms with Crippen molar-refractivity contribution >= 4 is 35.2 Å². The third-order valence-corrected chi connectivity index (χ3v) is 6.25. The van der Waals surface area contributed by atoms with Crippen LogP contribution in [0.3, 0.4) is 0 Å². The average molecular weight is 414 g/mol. The van der Waals surface area contributed by atoms with E-state index in [4.69, 9.17) is 4.74 Å². The number of fused-ring (bicyclic) bond motifs is 2. The number of nitrogens with zero attached hydrogens (tertiary/aromatic N) is 1. The van der Waals surface area contributed by atoms with Crippen LogP contribution >= 0.6 is 11.8 Å². The van der Waals surface area contributed by atoms with Gasteiger partial charge in [-0.05, 0) is 25.5 Å². The smallest absolute Gasteiger partial charge is 0.454 e. The highest BCUT2D eigenvalue weighted by Gasteiger charge is 2.53. The predicted molar refractivity (Wildman–Crippen MR) is 93.0 cm³/mol. The van der Waals surface area contributed by atoms with Crippen LogP contribution in [0.1, 0.15) is 19.8 Å². The topological polar surface area (TPSA) is 94.2 Å². The van der Waals surface area contributed by atoms with E-state index in [0.29, 0.717) is 18.6 Å². The molecule has 1 N–H and O–H groups in total. The van der Waals surface area contributed by atoms with Crippen LogP contribution in [0.2, 0.25) is 0 Å². The van der Waals surface area contributed by atoms with Gasteiger partial charge in [0, 0.05) is 23.9 Å². The second-order valence-electron chi connectivity index (χ2n) is 6.75. The molecule has 150 valence electrons. The number of halogens is 2. The summed E-state index contributed by atoms with van der Waals surface area (Å²) in [4.78, 5) is 37.5. The van der Waals surface area contributed by atoms with Gasteiger partial charge in [-0.25, -0.2) is 4.79 Å². The maximum Gasteiger partial charge on any atom is 0.586 e. The van der Waals surface area contributed by atoms with Crippen molar-refractivity contribution in [3.05, 3.63) is 18.2 Å². The Labute approximate surface area is 162 Å². The summed E-state index contributed by atoms with van der Waals surface area (Å²) in [5.41, 5.74) is 0.180. The molecule has 3 aliphatic rings. The van der Waals surface area contributed by atoms with Crippen molar-refractivity contribution in [2.75, 3.05) is 17.7 Å². The number of carbonyl (C=O) groups excluding carboxylic acids is 3. The van der Waals surface area contributed by atoms with Crippen molar-refractivity contribution in [2.24, 2.45) is 0 Å². The number of esters is 1. The molecular weight excluding hydrogens is 398 g/mol. The molecule has 3 heterocycles. The van der Waals surface area contributed by atoms with Gasteiger partial charge in [-0.15, -0.1) is 20.5 Å². The fraction of sp³-hybridized carbons (Fsp3) is 0.471. The molecule has 0 unspecified atom stereocenters. The van der Waals surface area contributed by atoms with Crippen LogP contribution in [-0.4, -0.2) is 52.3 Å². The molecule has 28 heavy (non-hydrogen) atoms. The van der Waals surface area contributed by atoms with Gasteiger partial charge in [-0.3, -0.25) is 9.59 Å². The van der Waals surface area contributed by atoms with Crippen LogP contribution in [0.15, 0.2) is 18.2 Å². The van der Waals surface area contributed by atoms with Crippen LogP contribution < -0.4 is 14.8 Å². The molecule has 1 aromatic rings. The zero-order chi connectivity index (χ0) is 20.1. The number of ether oxygens (including phenoxy) is 3. The maximum absolute atomic E-state index is 13.0. The van der Waals surface area contributed by atoms with Crippen LogP contribution in [0.5, 0.6) is 11.5 Å². The van der Waals surface area contributed by atoms with E-state index in [9.17, 15) is 23.2 Å². The van der Waals surface area contributed by atoms with E-state index < -0.39 is 35.7 Å². The molecule has 2 fully saturated rings. The number of hydrogen-bond acceptors (Lipinski definition) is 7. The standard InChI is InChI=1S/C17H16F2N2O6S/c1-16-5-4-14(23)21(16)10(8-28-16)15(24)25-7-13(22)20-9-2-3-11-12(6-9)27-17(18,19)26-11/h2-3,6,10H,4-5,7-8H2,1H3,(H,20,22)/t10-,16+/m0/s1. The Morgan fingerprint density at radius 3 is 2.89 bits per heavy atom. The minimum absolute atomic E-state index is 0.101. The summed E-state index contributed by atoms with van der Waals surface area (Å²) in [5.74, 6) is -1.34. The first-order chi connectivity index (χ1) is 13.2. The molecule has 2 saturated heterocycles. The van der Waals surface area contributed by atoms with Gasteiger partial charge < -0.3 is 24.4 Å². The van der Waals surface area contributed by atoms with Crippen LogP contribution in [0.25, 0.3) is 0 Å². The third-order valence-electron chi connectivity index (χ3n) is 4.75. The molecule has 0 aliphatic carbocycles. The van der Waals surface area contributed by atoms with Gasteiger partial charge in [0.25, 0.3) is 5.91 Å². The highest BCUT2D eigenvalue weighted by molar-refractivity contribution is 8.01. The Morgan fingerprint density at radius 2 is 2.11 bits per heavy atom. The molecule has 2 atom stereocenters. The lowest BCUT2D eigenvalue weighted by molar-refractivity contribution is -0.286. The number of hydrogen-bond donors (Lipinski definition) is 1. The number of amides is 2. The van der Waals surface area contributed by atoms with Crippen molar-refractivity contribution in [1.82, 2.24) is 4.90 Å². The fourth-order valence-corrected chi connectivity index (χ4v) is 4.87. The van der Waals surface area contributed by atoms with Gasteiger partial charge in [0.2, 0.25) is 5.91 Å². The quantitative estimate of drug-likeness (QED) is 0.753. The molecule has 0 bridgehead atoms. The van der Waals surface area contributed by atoms with Gasteiger partial charge in [0.05, 0.1) is 4.87 Å². The van der Waals surface area contributed by atoms with Crippen LogP contribution in [0.4, 0.5) is 14.5 Å². The lowest BCUT2D eigenvalue weighted by Gasteiger charge is -2.29. The predicted octanol–water partition coefficient (Wildman–Crippen LogP) is 1.94. The molecular formula is C17H16F2N2O6S. The summed E-state index contributed by atoms with van der Waals surface area (Å²) < 4.78 is 39.7. The van der Waals surface area contributed by atoms with Gasteiger partial charge >= 0.3 is 12.3 Å². The van der Waals surface area contributed by atoms with Crippen LogP contribution in [-0.2, 0) is 19.1 Å². The van der Waals surface area contributed by atoms with Crippen molar-refractivity contribution in [2.45, 2.75) is 37.0 Å². The van der Waals surface area contributed by atoms with Crippen molar-refractivity contribution in [3.63, 3.8) is 0 Å². The Balaban J connectivity index is 1.32. The molecule has 0 spiro atoms. The van der Waals surface area contributed by atoms with E-state index in [1.54, 1.807) is 0 Å². The number of carbonyl (C=O) groups is 3. The summed E-state index contributed by atoms with van der Waals surface area (Å²) in [6, 6.07) is 3.04. The molecule has 4 rings (SSSR count). The lowest BCUT2D eigenvalue weighted by Crippen LogP contribution is -2.47. The van der Waals surface area contributed by atoms with E-state index in [-0.39, 0.29) is 23.1 Å². The Hall–Kier alpha value is -2.56. The van der Waals surface area contributed by atoms with Crippen LogP contribution in [0, 0.1) is 0 Å². The molecule has 0 aromatic heterocycles. The largest absolute Gasteiger partial charge is 0.586 e. The number of nitrogens with one attached hydrogen (secondary N) is 1. The average Bonchev–Trinajstić information content (AvgIpc) is 3.22. The summed E-state index contributed by atoms with van der Waals surface area (Å²) in [6.07, 6.45) is -2.69. The molecule has 11 heteroatoms. The van der Waals surface area contributed by atoms with Crippen molar-refractivity contribution in [1.29, 1.82) is 0 Å². The maximum atomic E-state index is 13.0. The second-order valence-corrected chi connectivity index (χ2v) is 8.25. The molecule has 0 saturated carbocycles. The van der Waals surface area contributed by atoms with Crippen molar-refractivity contribution in [3.8, 4) is 11.5 Å². The molecule has 1 aromatic carbocycles. The zero-order valence-electron chi connectivity index (χ0n) is 14.7. The Bertz CT molecular complexity index is 866. The van der Waals surface area contributed by atoms with E-state index in [1.807, 2.05) is 6.92 Å². The molecule has 0 radical (unpaired) electrons. The zero-order valence-corrected chi connectivity index (χ0v) is 15.5. The number of benzene rings is 1. The second kappa shape index (κ2) is 6.50. The SMILES string of the molecule is C[C@@]12CCC(=O)N1[C@H](C(=O)OCC(=O)Nc1ccc3c(c1)OC(F)(F)O3)CS2. The van der Waals surface area contributed by atoms with E-state index >= 15 is 0 Å². The Morgan fingerprint density at radius 1 is 1.36 bits per heavy atom. The first-order valence-electron chi connectivity index (χ1n) is 8.49. The summed E-state index contributed by atoms with van der Waals surface area (Å²) in [6.45, 7) is 1.34. The number of rotatable bonds is 4. The van der Waals surface area contributed by atoms with Crippen molar-refractivity contribution < 1.29 is 37.4 Å². The highest BCUT2D eigenvalue weighted by Crippen LogP contribution is 2.47. The molecule has 3 aliphatic heterocycles. The van der Waals surface area contributed by atoms with E-state index in [2.05, 4.69) is 14.8 Å². The fourth-order valence-electron chi connectivity index (χ4n) is 3.45. The number of alkyl halides is 2. The lowest BCUT2D eigenvalue weighted by atomic mass is 10.2. The normalized spacial score (nSPS) is 26.9. The highest BCUT2D eigenvalue weighted by atomic mass is 32.2. The van der Waals surface area contributed by atoms with Gasteiger partial charge in [-0.1, -0.05) is 0 Å². The monoisotopic (exact) mass is 414 g/mol. The minimum Gasteiger partial charge on any atom is -0.454 e. The summed E-state index contributed by atoms with van der Waals surface area (Å²) >= 11 is 1.52. The summed E-state index contributed by atoms with van der Waals surface area (Å²) in [7, 11) is 0.